The maximum atomic E-state index is 14.2. The summed E-state index contributed by atoms with van der Waals surface area (Å²) in [7, 11) is 0. The zero-order chi connectivity index (χ0) is 30.7. The molecule has 7 nitrogen and oxygen atoms in total. The van der Waals surface area contributed by atoms with Gasteiger partial charge in [0, 0.05) is 15.6 Å². The fourth-order valence-corrected chi connectivity index (χ4v) is 6.22. The van der Waals surface area contributed by atoms with Crippen LogP contribution >= 0.6 is 27.3 Å². The Hall–Kier alpha value is -4.02. The number of esters is 1. The molecule has 0 spiro atoms. The topological polar surface area (TPSA) is 79.1 Å². The molecule has 0 saturated carbocycles. The highest BCUT2D eigenvalue weighted by atomic mass is 79.9. The second-order valence-electron chi connectivity index (χ2n) is 10.1. The minimum absolute atomic E-state index is 0.127. The lowest BCUT2D eigenvalue weighted by atomic mass is 9.95. The number of hydrogen-bond acceptors (Lipinski definition) is 7. The molecule has 0 radical (unpaired) electrons. The summed E-state index contributed by atoms with van der Waals surface area (Å²) in [6.45, 7) is 7.73. The molecule has 43 heavy (non-hydrogen) atoms. The molecule has 1 aliphatic heterocycles. The molecule has 0 amide bonds. The molecule has 222 valence electrons. The first-order valence-electron chi connectivity index (χ1n) is 13.8. The predicted octanol–water partition coefficient (Wildman–Crippen LogP) is 6.07. The molecule has 1 aliphatic rings. The summed E-state index contributed by atoms with van der Waals surface area (Å²) < 4.78 is 33.7. The highest BCUT2D eigenvalue weighted by molar-refractivity contribution is 9.10. The molecule has 5 rings (SSSR count). The number of benzene rings is 3. The summed E-state index contributed by atoms with van der Waals surface area (Å²) in [6, 6.07) is 18.2. The molecular weight excluding hydrogens is 635 g/mol. The average molecular weight is 666 g/mol. The van der Waals surface area contributed by atoms with Crippen LogP contribution in [-0.4, -0.2) is 23.2 Å². The summed E-state index contributed by atoms with van der Waals surface area (Å²) >= 11 is 4.74. The SMILES string of the molecule is CCOC(=O)C1=C(C)N=c2s/c(=C/c3cc(Br)ccc3OCc3ccc(F)cc3)c(=O)n2[C@@H]1c1ccccc1OC(C)C. The van der Waals surface area contributed by atoms with Crippen LogP contribution in [0.4, 0.5) is 4.39 Å². The maximum absolute atomic E-state index is 14.2. The highest BCUT2D eigenvalue weighted by Gasteiger charge is 2.35. The molecule has 2 heterocycles. The summed E-state index contributed by atoms with van der Waals surface area (Å²) in [5.74, 6) is 0.262. The van der Waals surface area contributed by atoms with Gasteiger partial charge in [-0.2, -0.15) is 0 Å². The largest absolute Gasteiger partial charge is 0.491 e. The normalized spacial score (nSPS) is 14.9. The van der Waals surface area contributed by atoms with Gasteiger partial charge in [-0.1, -0.05) is 57.6 Å². The van der Waals surface area contributed by atoms with E-state index in [1.807, 2.05) is 56.3 Å². The Morgan fingerprint density at radius 1 is 1.12 bits per heavy atom. The fourth-order valence-electron chi connectivity index (χ4n) is 4.80. The van der Waals surface area contributed by atoms with Crippen molar-refractivity contribution in [1.82, 2.24) is 4.57 Å². The van der Waals surface area contributed by atoms with Crippen LogP contribution in [0.2, 0.25) is 0 Å². The number of nitrogens with zero attached hydrogens (tertiary/aromatic N) is 2. The van der Waals surface area contributed by atoms with E-state index < -0.39 is 12.0 Å². The quantitative estimate of drug-likeness (QED) is 0.203. The first-order chi connectivity index (χ1) is 20.7. The maximum Gasteiger partial charge on any atom is 0.338 e. The number of carbonyl (C=O) groups is 1. The van der Waals surface area contributed by atoms with Crippen LogP contribution in [0.1, 0.15) is 50.4 Å². The van der Waals surface area contributed by atoms with E-state index in [9.17, 15) is 14.0 Å². The molecule has 1 atom stereocenters. The number of rotatable bonds is 9. The molecule has 0 unspecified atom stereocenters. The van der Waals surface area contributed by atoms with Crippen molar-refractivity contribution >= 4 is 39.3 Å². The lowest BCUT2D eigenvalue weighted by Crippen LogP contribution is -2.40. The van der Waals surface area contributed by atoms with Gasteiger partial charge in [0.25, 0.3) is 5.56 Å². The Kier molecular flexibility index (Phi) is 9.27. The Morgan fingerprint density at radius 3 is 2.58 bits per heavy atom. The zero-order valence-corrected chi connectivity index (χ0v) is 26.5. The predicted molar refractivity (Wildman–Crippen MR) is 167 cm³/mol. The molecule has 0 fully saturated rings. The minimum atomic E-state index is -0.802. The monoisotopic (exact) mass is 664 g/mol. The summed E-state index contributed by atoms with van der Waals surface area (Å²) in [6.07, 6.45) is 1.63. The van der Waals surface area contributed by atoms with Gasteiger partial charge < -0.3 is 14.2 Å². The molecule has 10 heteroatoms. The van der Waals surface area contributed by atoms with E-state index in [4.69, 9.17) is 14.2 Å². The summed E-state index contributed by atoms with van der Waals surface area (Å²) in [5.41, 5.74) is 2.58. The summed E-state index contributed by atoms with van der Waals surface area (Å²) in [5, 5.41) is 0. The lowest BCUT2D eigenvalue weighted by molar-refractivity contribution is -0.139. The van der Waals surface area contributed by atoms with E-state index in [1.54, 1.807) is 32.1 Å². The standard InChI is InChI=1S/C33H30BrFN2O5S/c1-5-40-32(39)29-20(4)36-33-37(30(29)25-8-6-7-9-27(25)42-19(2)3)31(38)28(43-33)17-22-16-23(34)12-15-26(22)41-18-21-10-13-24(35)14-11-21/h6-17,19,30H,5,18H2,1-4H3/b28-17+/t30-/m1/s1. The van der Waals surface area contributed by atoms with E-state index in [-0.39, 0.29) is 36.3 Å². The molecule has 4 aromatic rings. The first kappa shape index (κ1) is 30.4. The Balaban J connectivity index is 1.64. The number of ether oxygens (including phenoxy) is 3. The number of fused-ring (bicyclic) bond motifs is 1. The number of aromatic nitrogens is 1. The number of thiazole rings is 1. The molecule has 0 saturated heterocycles. The average Bonchev–Trinajstić information content (AvgIpc) is 3.27. The van der Waals surface area contributed by atoms with Gasteiger partial charge in [-0.15, -0.1) is 0 Å². The van der Waals surface area contributed by atoms with Crippen molar-refractivity contribution in [2.75, 3.05) is 6.61 Å². The second kappa shape index (κ2) is 13.1. The number of carbonyl (C=O) groups excluding carboxylic acids is 1. The molecule has 1 aromatic heterocycles. The van der Waals surface area contributed by atoms with Crippen molar-refractivity contribution in [3.8, 4) is 11.5 Å². The van der Waals surface area contributed by atoms with Crippen LogP contribution in [0.25, 0.3) is 6.08 Å². The van der Waals surface area contributed by atoms with E-state index in [0.717, 1.165) is 10.0 Å². The van der Waals surface area contributed by atoms with Crippen molar-refractivity contribution in [3.05, 3.63) is 125 Å². The third-order valence-electron chi connectivity index (χ3n) is 6.66. The molecule has 0 bridgehead atoms. The number of halogens is 2. The Bertz CT molecular complexity index is 1880. The van der Waals surface area contributed by atoms with Crippen LogP contribution < -0.4 is 24.4 Å². The number of para-hydroxylation sites is 1. The molecule has 0 aliphatic carbocycles. The van der Waals surface area contributed by atoms with Crippen molar-refractivity contribution in [3.63, 3.8) is 0 Å². The molecule has 3 aromatic carbocycles. The van der Waals surface area contributed by atoms with Gasteiger partial charge in [0.15, 0.2) is 4.80 Å². The Morgan fingerprint density at radius 2 is 1.86 bits per heavy atom. The summed E-state index contributed by atoms with van der Waals surface area (Å²) in [4.78, 5) is 32.6. The molecule has 0 N–H and O–H groups in total. The van der Waals surface area contributed by atoms with Gasteiger partial charge in [-0.05, 0) is 75.7 Å². The third kappa shape index (κ3) is 6.65. The van der Waals surface area contributed by atoms with E-state index in [2.05, 4.69) is 20.9 Å². The fraction of sp³-hybridized carbons (Fsp3) is 0.242. The van der Waals surface area contributed by atoms with Crippen molar-refractivity contribution in [1.29, 1.82) is 0 Å². The van der Waals surface area contributed by atoms with Crippen LogP contribution in [0.5, 0.6) is 11.5 Å². The van der Waals surface area contributed by atoms with Gasteiger partial charge in [0.2, 0.25) is 0 Å². The van der Waals surface area contributed by atoms with E-state index in [1.165, 1.54) is 28.0 Å². The van der Waals surface area contributed by atoms with Crippen molar-refractivity contribution in [2.24, 2.45) is 4.99 Å². The highest BCUT2D eigenvalue weighted by Crippen LogP contribution is 2.36. The second-order valence-corrected chi connectivity index (χ2v) is 12.0. The smallest absolute Gasteiger partial charge is 0.338 e. The van der Waals surface area contributed by atoms with Gasteiger partial charge in [0.05, 0.1) is 28.5 Å². The number of hydrogen-bond donors (Lipinski definition) is 0. The van der Waals surface area contributed by atoms with Gasteiger partial charge in [-0.3, -0.25) is 9.36 Å². The van der Waals surface area contributed by atoms with Crippen LogP contribution in [0.15, 0.2) is 92.3 Å². The van der Waals surface area contributed by atoms with Crippen LogP contribution in [-0.2, 0) is 16.1 Å². The minimum Gasteiger partial charge on any atom is -0.491 e. The third-order valence-corrected chi connectivity index (χ3v) is 8.14. The van der Waals surface area contributed by atoms with Crippen LogP contribution in [0.3, 0.4) is 0 Å². The molecular formula is C33H30BrFN2O5S. The van der Waals surface area contributed by atoms with E-state index in [0.29, 0.717) is 37.7 Å². The van der Waals surface area contributed by atoms with Gasteiger partial charge >= 0.3 is 5.97 Å². The first-order valence-corrected chi connectivity index (χ1v) is 15.4. The van der Waals surface area contributed by atoms with Crippen LogP contribution in [0, 0.1) is 5.82 Å². The Labute approximate surface area is 260 Å². The van der Waals surface area contributed by atoms with Crippen molar-refractivity contribution < 1.29 is 23.4 Å². The lowest BCUT2D eigenvalue weighted by Gasteiger charge is -2.26. The number of allylic oxidation sites excluding steroid dienone is 1. The van der Waals surface area contributed by atoms with E-state index >= 15 is 0 Å². The van der Waals surface area contributed by atoms with Gasteiger partial charge in [0.1, 0.15) is 30.0 Å². The van der Waals surface area contributed by atoms with Gasteiger partial charge in [-0.25, -0.2) is 14.2 Å². The van der Waals surface area contributed by atoms with Crippen molar-refractivity contribution in [2.45, 2.75) is 46.4 Å². The zero-order valence-electron chi connectivity index (χ0n) is 24.1.